The van der Waals surface area contributed by atoms with E-state index in [9.17, 15) is 4.79 Å². The Bertz CT molecular complexity index is 358. The Labute approximate surface area is 116 Å². The molecule has 0 radical (unpaired) electrons. The van der Waals surface area contributed by atoms with Crippen LogP contribution in [0.25, 0.3) is 0 Å². The van der Waals surface area contributed by atoms with Crippen LogP contribution in [0.5, 0.6) is 0 Å². The van der Waals surface area contributed by atoms with Gasteiger partial charge in [-0.25, -0.2) is 0 Å². The molecule has 18 heavy (non-hydrogen) atoms. The predicted octanol–water partition coefficient (Wildman–Crippen LogP) is 3.43. The van der Waals surface area contributed by atoms with Crippen LogP contribution in [0.2, 0.25) is 13.1 Å². The third-order valence-corrected chi connectivity index (χ3v) is 4.17. The number of rotatable bonds is 3. The molecule has 0 fully saturated rings. The van der Waals surface area contributed by atoms with Gasteiger partial charge in [0.2, 0.25) is 9.04 Å². The molecule has 1 aliphatic carbocycles. The lowest BCUT2D eigenvalue weighted by molar-refractivity contribution is -0.146. The highest BCUT2D eigenvalue weighted by atomic mass is 35.5. The van der Waals surface area contributed by atoms with Crippen molar-refractivity contribution in [2.75, 3.05) is 0 Å². The molecular weight excluding hydrogens is 268 g/mol. The maximum Gasteiger partial charge on any atom is 0.303 e. The van der Waals surface area contributed by atoms with Crippen molar-refractivity contribution in [1.29, 1.82) is 0 Å². The van der Waals surface area contributed by atoms with Gasteiger partial charge in [0.25, 0.3) is 0 Å². The quantitative estimate of drug-likeness (QED) is 0.590. The minimum Gasteiger partial charge on any atom is -0.546 e. The van der Waals surface area contributed by atoms with Crippen LogP contribution in [-0.2, 0) is 14.0 Å². The van der Waals surface area contributed by atoms with Gasteiger partial charge >= 0.3 is 5.97 Å². The highest BCUT2D eigenvalue weighted by Gasteiger charge is 2.42. The fraction of sp³-hybridized carbons (Fsp3) is 0.769. The third kappa shape index (κ3) is 3.75. The number of carbonyl (C=O) groups excluding carboxylic acids is 1. The summed E-state index contributed by atoms with van der Waals surface area (Å²) in [5.74, 6) is 0.588. The number of hydrogen-bond donors (Lipinski definition) is 0. The summed E-state index contributed by atoms with van der Waals surface area (Å²) >= 11 is 6.44. The topological polar surface area (TPSA) is 35.5 Å². The second kappa shape index (κ2) is 5.66. The van der Waals surface area contributed by atoms with Crippen molar-refractivity contribution >= 4 is 26.6 Å². The number of ether oxygens (including phenoxy) is 1. The molecule has 0 aromatic rings. The third-order valence-electron chi connectivity index (χ3n) is 3.00. The molecule has 3 nitrogen and oxygen atoms in total. The first-order valence-electron chi connectivity index (χ1n) is 6.36. The maximum absolute atomic E-state index is 11.2. The smallest absolute Gasteiger partial charge is 0.303 e. The Hall–Kier alpha value is -0.483. The standard InChI is InChI=1S/C13H23ClO3Si/c1-8(15)16-10-7-9(13(2,3)4)11(14)12(10)17-18(5)6/h9-10,18H,7H2,1-6H3. The normalized spacial score (nSPS) is 24.7. The Morgan fingerprint density at radius 2 is 1.94 bits per heavy atom. The molecule has 0 aliphatic heterocycles. The van der Waals surface area contributed by atoms with E-state index in [1.54, 1.807) is 0 Å². The monoisotopic (exact) mass is 290 g/mol. The van der Waals surface area contributed by atoms with E-state index in [-0.39, 0.29) is 23.4 Å². The molecule has 5 heteroatoms. The fourth-order valence-electron chi connectivity index (χ4n) is 2.17. The number of carbonyl (C=O) groups is 1. The summed E-state index contributed by atoms with van der Waals surface area (Å²) in [6.07, 6.45) is 0.410. The number of allylic oxidation sites excluding steroid dienone is 1. The average molecular weight is 291 g/mol. The summed E-state index contributed by atoms with van der Waals surface area (Å²) in [6.45, 7) is 12.0. The Morgan fingerprint density at radius 3 is 2.33 bits per heavy atom. The zero-order valence-electron chi connectivity index (χ0n) is 12.0. The van der Waals surface area contributed by atoms with Gasteiger partial charge < -0.3 is 9.16 Å². The molecule has 2 atom stereocenters. The fourth-order valence-corrected chi connectivity index (χ4v) is 3.62. The van der Waals surface area contributed by atoms with Gasteiger partial charge in [0, 0.05) is 19.3 Å². The molecule has 2 unspecified atom stereocenters. The van der Waals surface area contributed by atoms with Crippen molar-refractivity contribution in [3.05, 3.63) is 10.8 Å². The van der Waals surface area contributed by atoms with Crippen LogP contribution < -0.4 is 0 Å². The molecule has 1 aliphatic rings. The van der Waals surface area contributed by atoms with Crippen LogP contribution in [0.4, 0.5) is 0 Å². The van der Waals surface area contributed by atoms with Crippen LogP contribution in [0.1, 0.15) is 34.1 Å². The lowest BCUT2D eigenvalue weighted by Crippen LogP contribution is -2.23. The molecule has 1 rings (SSSR count). The van der Waals surface area contributed by atoms with E-state index in [4.69, 9.17) is 20.8 Å². The van der Waals surface area contributed by atoms with Gasteiger partial charge in [0.05, 0.1) is 5.03 Å². The molecule has 0 saturated heterocycles. The van der Waals surface area contributed by atoms with Crippen LogP contribution in [-0.4, -0.2) is 21.1 Å². The number of esters is 1. The summed E-state index contributed by atoms with van der Waals surface area (Å²) < 4.78 is 11.2. The van der Waals surface area contributed by atoms with Crippen molar-refractivity contribution in [1.82, 2.24) is 0 Å². The molecule has 0 saturated carbocycles. The summed E-state index contributed by atoms with van der Waals surface area (Å²) in [4.78, 5) is 11.2. The summed E-state index contributed by atoms with van der Waals surface area (Å²) in [6, 6.07) is 0. The van der Waals surface area contributed by atoms with Gasteiger partial charge in [0.15, 0.2) is 6.10 Å². The number of hydrogen-bond acceptors (Lipinski definition) is 3. The summed E-state index contributed by atoms with van der Waals surface area (Å²) in [7, 11) is -1.26. The van der Waals surface area contributed by atoms with Gasteiger partial charge in [-0.3, -0.25) is 4.79 Å². The largest absolute Gasteiger partial charge is 0.546 e. The summed E-state index contributed by atoms with van der Waals surface area (Å²) in [5, 5.41) is 0.731. The lowest BCUT2D eigenvalue weighted by atomic mass is 9.80. The zero-order valence-corrected chi connectivity index (χ0v) is 14.0. The Kier molecular flexibility index (Phi) is 4.89. The number of halogens is 1. The van der Waals surface area contributed by atoms with Crippen molar-refractivity contribution in [2.24, 2.45) is 11.3 Å². The first-order chi connectivity index (χ1) is 8.12. The highest BCUT2D eigenvalue weighted by Crippen LogP contribution is 2.46. The maximum atomic E-state index is 11.2. The molecular formula is C13H23ClO3Si. The van der Waals surface area contributed by atoms with Crippen molar-refractivity contribution in [2.45, 2.75) is 53.3 Å². The van der Waals surface area contributed by atoms with Gasteiger partial charge in [-0.15, -0.1) is 0 Å². The second-order valence-electron chi connectivity index (χ2n) is 6.13. The van der Waals surface area contributed by atoms with Crippen LogP contribution in [0, 0.1) is 11.3 Å². The Morgan fingerprint density at radius 1 is 1.39 bits per heavy atom. The molecule has 0 heterocycles. The molecule has 0 aromatic heterocycles. The van der Waals surface area contributed by atoms with Crippen molar-refractivity contribution in [3.8, 4) is 0 Å². The molecule has 0 amide bonds. The molecule has 0 aromatic carbocycles. The lowest BCUT2D eigenvalue weighted by Gasteiger charge is -2.27. The highest BCUT2D eigenvalue weighted by molar-refractivity contribution is 6.49. The van der Waals surface area contributed by atoms with Gasteiger partial charge in [-0.2, -0.15) is 0 Å². The Balaban J connectivity index is 2.99. The van der Waals surface area contributed by atoms with E-state index in [0.29, 0.717) is 5.76 Å². The molecule has 0 N–H and O–H groups in total. The first-order valence-corrected chi connectivity index (χ1v) is 9.52. The second-order valence-corrected chi connectivity index (χ2v) is 8.87. The SMILES string of the molecule is CC(=O)OC1CC(C(C)(C)C)C(Cl)=C1O[SiH](C)C. The summed E-state index contributed by atoms with van der Waals surface area (Å²) in [5.41, 5.74) is 0.0408. The van der Waals surface area contributed by atoms with E-state index in [2.05, 4.69) is 33.9 Å². The van der Waals surface area contributed by atoms with E-state index < -0.39 is 9.04 Å². The van der Waals surface area contributed by atoms with E-state index in [1.807, 2.05) is 0 Å². The van der Waals surface area contributed by atoms with Crippen LogP contribution in [0.3, 0.4) is 0 Å². The molecule has 104 valence electrons. The predicted molar refractivity (Wildman–Crippen MR) is 76.0 cm³/mol. The van der Waals surface area contributed by atoms with Gasteiger partial charge in [0.1, 0.15) is 5.76 Å². The average Bonchev–Trinajstić information content (AvgIpc) is 2.43. The van der Waals surface area contributed by atoms with E-state index in [0.717, 1.165) is 11.5 Å². The van der Waals surface area contributed by atoms with E-state index >= 15 is 0 Å². The first kappa shape index (κ1) is 15.6. The van der Waals surface area contributed by atoms with Crippen molar-refractivity contribution < 1.29 is 14.0 Å². The van der Waals surface area contributed by atoms with Crippen LogP contribution in [0.15, 0.2) is 10.8 Å². The van der Waals surface area contributed by atoms with Gasteiger partial charge in [-0.05, 0) is 18.5 Å². The minimum absolute atomic E-state index is 0.0408. The minimum atomic E-state index is -1.26. The van der Waals surface area contributed by atoms with Crippen LogP contribution >= 0.6 is 11.6 Å². The van der Waals surface area contributed by atoms with Crippen molar-refractivity contribution in [3.63, 3.8) is 0 Å². The van der Waals surface area contributed by atoms with E-state index in [1.165, 1.54) is 6.92 Å². The zero-order chi connectivity index (χ0) is 14.1. The molecule has 0 bridgehead atoms. The molecule has 0 spiro atoms. The van der Waals surface area contributed by atoms with Gasteiger partial charge in [-0.1, -0.05) is 32.4 Å².